The molecule has 3 aromatic rings. The van der Waals surface area contributed by atoms with Crippen LogP contribution in [0.1, 0.15) is 0 Å². The fraction of sp³-hybridized carbons (Fsp3) is 0.0625. The second kappa shape index (κ2) is 6.86. The van der Waals surface area contributed by atoms with Gasteiger partial charge in [0.15, 0.2) is 18.2 Å². The third-order valence-corrected chi connectivity index (χ3v) is 3.03. The van der Waals surface area contributed by atoms with E-state index in [9.17, 15) is 13.6 Å². The molecule has 0 aliphatic carbocycles. The Morgan fingerprint density at radius 3 is 2.58 bits per heavy atom. The first-order valence-corrected chi connectivity index (χ1v) is 6.86. The molecule has 6 nitrogen and oxygen atoms in total. The summed E-state index contributed by atoms with van der Waals surface area (Å²) in [6.45, 7) is -0.279. The minimum Gasteiger partial charge on any atom is -0.484 e. The first-order valence-electron chi connectivity index (χ1n) is 6.86. The van der Waals surface area contributed by atoms with Crippen molar-refractivity contribution >= 4 is 11.6 Å². The van der Waals surface area contributed by atoms with Gasteiger partial charge in [-0.2, -0.15) is 0 Å². The zero-order valence-corrected chi connectivity index (χ0v) is 12.2. The fourth-order valence-corrected chi connectivity index (χ4v) is 1.91. The molecule has 3 rings (SSSR count). The van der Waals surface area contributed by atoms with Gasteiger partial charge in [0.25, 0.3) is 5.91 Å². The van der Waals surface area contributed by atoms with E-state index < -0.39 is 17.5 Å². The molecule has 2 aromatic carbocycles. The van der Waals surface area contributed by atoms with Crippen LogP contribution in [0.3, 0.4) is 0 Å². The van der Waals surface area contributed by atoms with Crippen molar-refractivity contribution < 1.29 is 22.7 Å². The summed E-state index contributed by atoms with van der Waals surface area (Å²) in [7, 11) is 0. The number of benzene rings is 2. The summed E-state index contributed by atoms with van der Waals surface area (Å²) >= 11 is 0. The highest BCUT2D eigenvalue weighted by Crippen LogP contribution is 2.20. The number of carbonyl (C=O) groups excluding carboxylic acids is 1. The highest BCUT2D eigenvalue weighted by Gasteiger charge is 2.08. The minimum absolute atomic E-state index is 0.147. The molecule has 0 aliphatic rings. The molecule has 0 saturated heterocycles. The zero-order chi connectivity index (χ0) is 16.9. The lowest BCUT2D eigenvalue weighted by Crippen LogP contribution is -2.20. The van der Waals surface area contributed by atoms with Gasteiger partial charge in [-0.15, -0.1) is 10.2 Å². The van der Waals surface area contributed by atoms with Crippen molar-refractivity contribution in [2.24, 2.45) is 0 Å². The van der Waals surface area contributed by atoms with Crippen molar-refractivity contribution in [1.29, 1.82) is 0 Å². The third kappa shape index (κ3) is 3.72. The summed E-state index contributed by atoms with van der Waals surface area (Å²) in [4.78, 5) is 11.8. The summed E-state index contributed by atoms with van der Waals surface area (Å²) < 4.78 is 36.3. The molecule has 1 amide bonds. The van der Waals surface area contributed by atoms with E-state index in [0.717, 1.165) is 12.1 Å². The largest absolute Gasteiger partial charge is 0.484 e. The van der Waals surface area contributed by atoms with E-state index in [-0.39, 0.29) is 12.3 Å². The molecule has 8 heteroatoms. The van der Waals surface area contributed by atoms with Gasteiger partial charge < -0.3 is 14.5 Å². The van der Waals surface area contributed by atoms with Crippen LogP contribution in [0.25, 0.3) is 11.5 Å². The van der Waals surface area contributed by atoms with Crippen LogP contribution in [0.15, 0.2) is 53.3 Å². The minimum atomic E-state index is -1.04. The average Bonchev–Trinajstić information content (AvgIpc) is 3.11. The second-order valence-corrected chi connectivity index (χ2v) is 4.73. The van der Waals surface area contributed by atoms with Gasteiger partial charge in [0.1, 0.15) is 5.75 Å². The molecular weight excluding hydrogens is 320 g/mol. The number of halogens is 2. The van der Waals surface area contributed by atoms with E-state index in [2.05, 4.69) is 15.5 Å². The van der Waals surface area contributed by atoms with Crippen LogP contribution in [0.4, 0.5) is 14.5 Å². The van der Waals surface area contributed by atoms with Crippen molar-refractivity contribution in [3.05, 3.63) is 60.5 Å². The summed E-state index contributed by atoms with van der Waals surface area (Å²) in [6.07, 6.45) is 1.22. The number of anilines is 1. The Labute approximate surface area is 135 Å². The molecule has 0 atom stereocenters. The first kappa shape index (κ1) is 15.6. The van der Waals surface area contributed by atoms with Gasteiger partial charge in [-0.25, -0.2) is 8.78 Å². The average molecular weight is 331 g/mol. The monoisotopic (exact) mass is 331 g/mol. The van der Waals surface area contributed by atoms with Crippen molar-refractivity contribution in [3.8, 4) is 17.2 Å². The van der Waals surface area contributed by atoms with Gasteiger partial charge in [-0.1, -0.05) is 0 Å². The molecule has 1 aromatic heterocycles. The molecule has 0 unspecified atom stereocenters. The topological polar surface area (TPSA) is 77.2 Å². The molecule has 1 heterocycles. The summed E-state index contributed by atoms with van der Waals surface area (Å²) in [5.41, 5.74) is 0.861. The number of ether oxygens (including phenoxy) is 1. The van der Waals surface area contributed by atoms with E-state index in [1.54, 1.807) is 24.3 Å². The number of rotatable bonds is 5. The number of nitrogens with zero attached hydrogens (tertiary/aromatic N) is 2. The Balaban J connectivity index is 1.55. The van der Waals surface area contributed by atoms with E-state index >= 15 is 0 Å². The summed E-state index contributed by atoms with van der Waals surface area (Å²) in [5.74, 6) is -1.69. The molecule has 122 valence electrons. The lowest BCUT2D eigenvalue weighted by atomic mass is 10.2. The van der Waals surface area contributed by atoms with Crippen molar-refractivity contribution in [1.82, 2.24) is 10.2 Å². The lowest BCUT2D eigenvalue weighted by molar-refractivity contribution is -0.118. The van der Waals surface area contributed by atoms with Crippen LogP contribution in [0, 0.1) is 11.6 Å². The molecule has 0 saturated carbocycles. The van der Waals surface area contributed by atoms with Crippen LogP contribution >= 0.6 is 0 Å². The number of amides is 1. The molecule has 24 heavy (non-hydrogen) atoms. The Morgan fingerprint density at radius 2 is 1.92 bits per heavy atom. The molecule has 0 spiro atoms. The smallest absolute Gasteiger partial charge is 0.262 e. The number of aromatic nitrogens is 2. The van der Waals surface area contributed by atoms with Crippen molar-refractivity contribution in [2.45, 2.75) is 0 Å². The Morgan fingerprint density at radius 1 is 1.12 bits per heavy atom. The standard InChI is InChI=1S/C16H11F2N3O3/c17-13-6-3-11(7-14(13)18)20-15(22)8-23-12-4-1-10(2-5-12)16-21-19-9-24-16/h1-7,9H,8H2,(H,20,22). The SMILES string of the molecule is O=C(COc1ccc(-c2nnco2)cc1)Nc1ccc(F)c(F)c1. The van der Waals surface area contributed by atoms with Crippen molar-refractivity contribution in [3.63, 3.8) is 0 Å². The van der Waals surface area contributed by atoms with Crippen LogP contribution in [0.2, 0.25) is 0 Å². The molecule has 0 bridgehead atoms. The highest BCUT2D eigenvalue weighted by atomic mass is 19.2. The Hall–Kier alpha value is -3.29. The van der Waals surface area contributed by atoms with E-state index in [0.29, 0.717) is 17.2 Å². The van der Waals surface area contributed by atoms with Crippen molar-refractivity contribution in [2.75, 3.05) is 11.9 Å². The van der Waals surface area contributed by atoms with Crippen LogP contribution in [0.5, 0.6) is 5.75 Å². The number of hydrogen-bond acceptors (Lipinski definition) is 5. The predicted molar refractivity (Wildman–Crippen MR) is 80.2 cm³/mol. The van der Waals surface area contributed by atoms with Gasteiger partial charge in [-0.05, 0) is 36.4 Å². The van der Waals surface area contributed by atoms with Crippen LogP contribution in [-0.4, -0.2) is 22.7 Å². The molecule has 1 N–H and O–H groups in total. The van der Waals surface area contributed by atoms with Gasteiger partial charge in [0.05, 0.1) is 0 Å². The number of carbonyl (C=O) groups is 1. The molecule has 0 radical (unpaired) electrons. The summed E-state index contributed by atoms with van der Waals surface area (Å²) in [6, 6.07) is 9.78. The Bertz CT molecular complexity index is 836. The third-order valence-electron chi connectivity index (χ3n) is 3.03. The molecule has 0 aliphatic heterocycles. The van der Waals surface area contributed by atoms with Crippen LogP contribution < -0.4 is 10.1 Å². The van der Waals surface area contributed by atoms with E-state index in [1.165, 1.54) is 12.5 Å². The summed E-state index contributed by atoms with van der Waals surface area (Å²) in [5, 5.41) is 9.76. The van der Waals surface area contributed by atoms with Crippen LogP contribution in [-0.2, 0) is 4.79 Å². The van der Waals surface area contributed by atoms with Gasteiger partial charge in [0, 0.05) is 17.3 Å². The van der Waals surface area contributed by atoms with E-state index in [4.69, 9.17) is 9.15 Å². The highest BCUT2D eigenvalue weighted by molar-refractivity contribution is 5.91. The fourth-order valence-electron chi connectivity index (χ4n) is 1.91. The molecular formula is C16H11F2N3O3. The van der Waals surface area contributed by atoms with E-state index in [1.807, 2.05) is 0 Å². The normalized spacial score (nSPS) is 10.4. The maximum absolute atomic E-state index is 13.1. The van der Waals surface area contributed by atoms with Gasteiger partial charge in [-0.3, -0.25) is 4.79 Å². The van der Waals surface area contributed by atoms with Gasteiger partial charge in [0.2, 0.25) is 12.3 Å². The predicted octanol–water partition coefficient (Wildman–Crippen LogP) is 3.03. The lowest BCUT2D eigenvalue weighted by Gasteiger charge is -2.08. The number of hydrogen-bond donors (Lipinski definition) is 1. The maximum atomic E-state index is 13.1. The first-order chi connectivity index (χ1) is 11.6. The zero-order valence-electron chi connectivity index (χ0n) is 12.2. The quantitative estimate of drug-likeness (QED) is 0.777. The Kier molecular flexibility index (Phi) is 4.46. The molecule has 0 fully saturated rings. The van der Waals surface area contributed by atoms with Gasteiger partial charge >= 0.3 is 0 Å². The maximum Gasteiger partial charge on any atom is 0.262 e. The second-order valence-electron chi connectivity index (χ2n) is 4.73. The number of nitrogens with one attached hydrogen (secondary N) is 1.